The van der Waals surface area contributed by atoms with Gasteiger partial charge in [-0.25, -0.2) is 0 Å². The number of carbonyl (C=O) groups excluding carboxylic acids is 2. The highest BCUT2D eigenvalue weighted by molar-refractivity contribution is 5.97. The monoisotopic (exact) mass is 493 g/mol. The first kappa shape index (κ1) is 24.4. The lowest BCUT2D eigenvalue weighted by Crippen LogP contribution is -2.51. The zero-order valence-electron chi connectivity index (χ0n) is 21.3. The van der Waals surface area contributed by atoms with Gasteiger partial charge in [-0.2, -0.15) is 0 Å². The fourth-order valence-corrected chi connectivity index (χ4v) is 4.94. The summed E-state index contributed by atoms with van der Waals surface area (Å²) in [7, 11) is 1.65. The largest absolute Gasteiger partial charge is 0.497 e. The standard InChI is InChI=1S/C31H31N3O3/c1-23-28(31(36)33-18-16-32(17-19-33)30(35)20-24-10-5-3-6-11-24)22-29(25-12-7-4-8-13-25)34(23)26-14-9-15-27(21-26)37-2/h3-15,21-22H,16-20H2,1-2H3. The molecular formula is C31H31N3O3. The predicted molar refractivity (Wildman–Crippen MR) is 145 cm³/mol. The Morgan fingerprint density at radius 3 is 2.11 bits per heavy atom. The van der Waals surface area contributed by atoms with Gasteiger partial charge in [0.15, 0.2) is 0 Å². The van der Waals surface area contributed by atoms with E-state index in [0.717, 1.165) is 34.0 Å². The second-order valence-electron chi connectivity index (χ2n) is 9.27. The van der Waals surface area contributed by atoms with Gasteiger partial charge in [0.1, 0.15) is 5.75 Å². The lowest BCUT2D eigenvalue weighted by Gasteiger charge is -2.35. The summed E-state index contributed by atoms with van der Waals surface area (Å²) in [5.41, 5.74) is 5.47. The fraction of sp³-hybridized carbons (Fsp3) is 0.226. The average molecular weight is 494 g/mol. The molecule has 0 unspecified atom stereocenters. The normalized spacial score (nSPS) is 13.5. The molecule has 0 bridgehead atoms. The number of carbonyl (C=O) groups is 2. The molecule has 188 valence electrons. The molecule has 0 saturated carbocycles. The third kappa shape index (κ3) is 5.14. The van der Waals surface area contributed by atoms with E-state index in [9.17, 15) is 9.59 Å². The molecule has 3 aromatic carbocycles. The second kappa shape index (κ2) is 10.7. The summed E-state index contributed by atoms with van der Waals surface area (Å²) >= 11 is 0. The summed E-state index contributed by atoms with van der Waals surface area (Å²) in [6, 6.07) is 29.7. The number of nitrogens with zero attached hydrogens (tertiary/aromatic N) is 3. The van der Waals surface area contributed by atoms with Gasteiger partial charge in [-0.05, 0) is 36.2 Å². The molecule has 2 heterocycles. The van der Waals surface area contributed by atoms with Gasteiger partial charge < -0.3 is 19.1 Å². The number of ether oxygens (including phenoxy) is 1. The van der Waals surface area contributed by atoms with Crippen LogP contribution in [0.5, 0.6) is 5.75 Å². The SMILES string of the molecule is COc1cccc(-n2c(-c3ccccc3)cc(C(=O)N3CCN(C(=O)Cc4ccccc4)CC3)c2C)c1. The lowest BCUT2D eigenvalue weighted by molar-refractivity contribution is -0.131. The smallest absolute Gasteiger partial charge is 0.255 e. The molecule has 1 aromatic heterocycles. The maximum atomic E-state index is 13.7. The first-order valence-electron chi connectivity index (χ1n) is 12.6. The molecule has 1 saturated heterocycles. The van der Waals surface area contributed by atoms with Crippen LogP contribution in [0.2, 0.25) is 0 Å². The van der Waals surface area contributed by atoms with E-state index in [1.165, 1.54) is 0 Å². The van der Waals surface area contributed by atoms with Gasteiger partial charge in [0, 0.05) is 43.6 Å². The molecule has 4 aromatic rings. The highest BCUT2D eigenvalue weighted by Gasteiger charge is 2.28. The first-order valence-corrected chi connectivity index (χ1v) is 12.6. The second-order valence-corrected chi connectivity index (χ2v) is 9.27. The van der Waals surface area contributed by atoms with Crippen molar-refractivity contribution in [1.29, 1.82) is 0 Å². The third-order valence-electron chi connectivity index (χ3n) is 6.98. The molecule has 0 spiro atoms. The van der Waals surface area contributed by atoms with Crippen LogP contribution < -0.4 is 4.74 Å². The lowest BCUT2D eigenvalue weighted by atomic mass is 10.1. The summed E-state index contributed by atoms with van der Waals surface area (Å²) in [6.07, 6.45) is 0.387. The molecule has 0 radical (unpaired) electrons. The van der Waals surface area contributed by atoms with Crippen LogP contribution in [0.15, 0.2) is 91.0 Å². The van der Waals surface area contributed by atoms with E-state index in [1.54, 1.807) is 7.11 Å². The first-order chi connectivity index (χ1) is 18.0. The van der Waals surface area contributed by atoms with Crippen molar-refractivity contribution in [1.82, 2.24) is 14.4 Å². The van der Waals surface area contributed by atoms with E-state index in [4.69, 9.17) is 4.74 Å². The number of rotatable bonds is 6. The number of methoxy groups -OCH3 is 1. The minimum absolute atomic E-state index is 0.00788. The Balaban J connectivity index is 1.38. The van der Waals surface area contributed by atoms with E-state index in [-0.39, 0.29) is 11.8 Å². The summed E-state index contributed by atoms with van der Waals surface area (Å²) < 4.78 is 7.57. The molecule has 0 atom stereocenters. The predicted octanol–water partition coefficient (Wildman–Crippen LogP) is 4.99. The minimum atomic E-state index is -0.00788. The maximum absolute atomic E-state index is 13.7. The number of hydrogen-bond donors (Lipinski definition) is 0. The van der Waals surface area contributed by atoms with Crippen molar-refractivity contribution in [2.45, 2.75) is 13.3 Å². The number of aromatic nitrogens is 1. The van der Waals surface area contributed by atoms with Crippen LogP contribution in [0.4, 0.5) is 0 Å². The van der Waals surface area contributed by atoms with Crippen LogP contribution in [0.1, 0.15) is 21.6 Å². The third-order valence-corrected chi connectivity index (χ3v) is 6.98. The van der Waals surface area contributed by atoms with Crippen LogP contribution in [-0.2, 0) is 11.2 Å². The molecular weight excluding hydrogens is 462 g/mol. The quantitative estimate of drug-likeness (QED) is 0.380. The van der Waals surface area contributed by atoms with Gasteiger partial charge >= 0.3 is 0 Å². The molecule has 2 amide bonds. The Hall–Kier alpha value is -4.32. The number of amides is 2. The van der Waals surface area contributed by atoms with E-state index in [2.05, 4.69) is 16.7 Å². The Bertz CT molecular complexity index is 1390. The summed E-state index contributed by atoms with van der Waals surface area (Å²) in [4.78, 5) is 30.2. The average Bonchev–Trinajstić information content (AvgIpc) is 3.30. The van der Waals surface area contributed by atoms with Crippen molar-refractivity contribution in [2.75, 3.05) is 33.3 Å². The van der Waals surface area contributed by atoms with Gasteiger partial charge in [0.2, 0.25) is 5.91 Å². The van der Waals surface area contributed by atoms with Gasteiger partial charge in [-0.15, -0.1) is 0 Å². The molecule has 1 aliphatic heterocycles. The fourth-order valence-electron chi connectivity index (χ4n) is 4.94. The molecule has 0 aliphatic carbocycles. The highest BCUT2D eigenvalue weighted by atomic mass is 16.5. The van der Waals surface area contributed by atoms with Crippen molar-refractivity contribution >= 4 is 11.8 Å². The molecule has 6 nitrogen and oxygen atoms in total. The van der Waals surface area contributed by atoms with Crippen molar-refractivity contribution in [2.24, 2.45) is 0 Å². The van der Waals surface area contributed by atoms with Gasteiger partial charge in [0.05, 0.1) is 24.8 Å². The van der Waals surface area contributed by atoms with Crippen LogP contribution in [0, 0.1) is 6.92 Å². The van der Waals surface area contributed by atoms with Gasteiger partial charge in [-0.3, -0.25) is 9.59 Å². The number of benzene rings is 3. The van der Waals surface area contributed by atoms with Gasteiger partial charge in [-0.1, -0.05) is 66.7 Å². The maximum Gasteiger partial charge on any atom is 0.255 e. The van der Waals surface area contributed by atoms with E-state index >= 15 is 0 Å². The van der Waals surface area contributed by atoms with Crippen molar-refractivity contribution in [3.8, 4) is 22.7 Å². The summed E-state index contributed by atoms with van der Waals surface area (Å²) in [5, 5.41) is 0. The van der Waals surface area contributed by atoms with Crippen LogP contribution in [0.3, 0.4) is 0 Å². The molecule has 1 fully saturated rings. The van der Waals surface area contributed by atoms with Crippen molar-refractivity contribution in [3.05, 3.63) is 108 Å². The van der Waals surface area contributed by atoms with Crippen LogP contribution in [-0.4, -0.2) is 59.5 Å². The van der Waals surface area contributed by atoms with Crippen LogP contribution >= 0.6 is 0 Å². The Morgan fingerprint density at radius 1 is 0.784 bits per heavy atom. The summed E-state index contributed by atoms with van der Waals surface area (Å²) in [6.45, 7) is 4.10. The van der Waals surface area contributed by atoms with Crippen molar-refractivity contribution in [3.63, 3.8) is 0 Å². The molecule has 37 heavy (non-hydrogen) atoms. The minimum Gasteiger partial charge on any atom is -0.497 e. The zero-order valence-corrected chi connectivity index (χ0v) is 21.3. The zero-order chi connectivity index (χ0) is 25.8. The Morgan fingerprint density at radius 2 is 1.43 bits per heavy atom. The Labute approximate surface area is 217 Å². The Kier molecular flexibility index (Phi) is 7.08. The molecule has 5 rings (SSSR count). The topological polar surface area (TPSA) is 54.8 Å². The summed E-state index contributed by atoms with van der Waals surface area (Å²) in [5.74, 6) is 0.852. The molecule has 0 N–H and O–H groups in total. The van der Waals surface area contributed by atoms with Crippen molar-refractivity contribution < 1.29 is 14.3 Å². The molecule has 6 heteroatoms. The van der Waals surface area contributed by atoms with Crippen LogP contribution in [0.25, 0.3) is 16.9 Å². The van der Waals surface area contributed by atoms with E-state index in [1.807, 2.05) is 95.6 Å². The van der Waals surface area contributed by atoms with E-state index in [0.29, 0.717) is 38.2 Å². The highest BCUT2D eigenvalue weighted by Crippen LogP contribution is 2.31. The number of piperazine rings is 1. The number of hydrogen-bond acceptors (Lipinski definition) is 3. The van der Waals surface area contributed by atoms with E-state index < -0.39 is 0 Å². The molecule has 1 aliphatic rings. The van der Waals surface area contributed by atoms with Gasteiger partial charge in [0.25, 0.3) is 5.91 Å².